The topological polar surface area (TPSA) is 68.4 Å². The molecule has 5 rings (SSSR count). The highest BCUT2D eigenvalue weighted by Gasteiger charge is 2.43. The third-order valence-electron chi connectivity index (χ3n) is 7.45. The SMILES string of the molecule is CCN(CCCNC(=O)C1c2ccccc2C(=O)N(C)C1c1c[nH]c2ccccc12)c1cccc(C)c1. The number of hydrogen-bond donors (Lipinski definition) is 2. The van der Waals surface area contributed by atoms with Gasteiger partial charge in [-0.3, -0.25) is 9.59 Å². The van der Waals surface area contributed by atoms with Gasteiger partial charge in [-0.15, -0.1) is 0 Å². The number of carbonyl (C=O) groups is 2. The maximum Gasteiger partial charge on any atom is 0.254 e. The molecule has 0 radical (unpaired) electrons. The third kappa shape index (κ3) is 4.71. The molecule has 1 aliphatic heterocycles. The zero-order chi connectivity index (χ0) is 25.9. The Labute approximate surface area is 218 Å². The number of fused-ring (bicyclic) bond motifs is 2. The van der Waals surface area contributed by atoms with Gasteiger partial charge in [0.2, 0.25) is 5.91 Å². The van der Waals surface area contributed by atoms with Crippen LogP contribution in [0.15, 0.2) is 79.0 Å². The number of aryl methyl sites for hydroxylation is 1. The lowest BCUT2D eigenvalue weighted by atomic mass is 9.79. The number of amides is 2. The van der Waals surface area contributed by atoms with E-state index in [4.69, 9.17) is 0 Å². The van der Waals surface area contributed by atoms with Crippen LogP contribution >= 0.6 is 0 Å². The number of aromatic amines is 1. The fourth-order valence-corrected chi connectivity index (χ4v) is 5.57. The Kier molecular flexibility index (Phi) is 6.99. The van der Waals surface area contributed by atoms with Crippen molar-refractivity contribution in [3.63, 3.8) is 0 Å². The molecule has 2 atom stereocenters. The Morgan fingerprint density at radius 2 is 1.81 bits per heavy atom. The molecule has 37 heavy (non-hydrogen) atoms. The number of nitrogens with one attached hydrogen (secondary N) is 2. The zero-order valence-corrected chi connectivity index (χ0v) is 21.7. The summed E-state index contributed by atoms with van der Waals surface area (Å²) in [5, 5.41) is 4.23. The van der Waals surface area contributed by atoms with E-state index in [-0.39, 0.29) is 11.8 Å². The summed E-state index contributed by atoms with van der Waals surface area (Å²) in [6, 6.07) is 23.6. The van der Waals surface area contributed by atoms with Gasteiger partial charge in [-0.05, 0) is 55.7 Å². The summed E-state index contributed by atoms with van der Waals surface area (Å²) in [7, 11) is 1.80. The van der Waals surface area contributed by atoms with Crippen molar-refractivity contribution in [2.24, 2.45) is 0 Å². The van der Waals surface area contributed by atoms with Crippen molar-refractivity contribution in [3.8, 4) is 0 Å². The van der Waals surface area contributed by atoms with E-state index in [1.165, 1.54) is 11.3 Å². The van der Waals surface area contributed by atoms with Gasteiger partial charge in [0.05, 0.1) is 12.0 Å². The first-order chi connectivity index (χ1) is 18.0. The fraction of sp³-hybridized carbons (Fsp3) is 0.290. The lowest BCUT2D eigenvalue weighted by molar-refractivity contribution is -0.124. The van der Waals surface area contributed by atoms with Crippen LogP contribution in [-0.4, -0.2) is 48.4 Å². The first-order valence-corrected chi connectivity index (χ1v) is 13.0. The van der Waals surface area contributed by atoms with E-state index < -0.39 is 12.0 Å². The zero-order valence-electron chi connectivity index (χ0n) is 21.7. The molecule has 6 heteroatoms. The van der Waals surface area contributed by atoms with Crippen molar-refractivity contribution >= 4 is 28.4 Å². The van der Waals surface area contributed by atoms with Crippen molar-refractivity contribution in [1.82, 2.24) is 15.2 Å². The van der Waals surface area contributed by atoms with Crippen LogP contribution in [0, 0.1) is 6.92 Å². The summed E-state index contributed by atoms with van der Waals surface area (Å²) in [5.41, 5.74) is 5.77. The van der Waals surface area contributed by atoms with Crippen molar-refractivity contribution < 1.29 is 9.59 Å². The molecule has 0 aliphatic carbocycles. The number of benzene rings is 3. The minimum Gasteiger partial charge on any atom is -0.372 e. The molecule has 0 spiro atoms. The van der Waals surface area contributed by atoms with E-state index in [1.807, 2.05) is 54.7 Å². The van der Waals surface area contributed by atoms with E-state index in [1.54, 1.807) is 11.9 Å². The molecule has 2 heterocycles. The number of aromatic nitrogens is 1. The highest BCUT2D eigenvalue weighted by atomic mass is 16.2. The van der Waals surface area contributed by atoms with Crippen molar-refractivity contribution in [3.05, 3.63) is 101 Å². The van der Waals surface area contributed by atoms with Gasteiger partial charge in [0, 0.05) is 60.6 Å². The minimum atomic E-state index is -0.503. The van der Waals surface area contributed by atoms with Gasteiger partial charge in [0.15, 0.2) is 0 Å². The van der Waals surface area contributed by atoms with E-state index >= 15 is 0 Å². The number of rotatable bonds is 8. The molecular formula is C31H34N4O2. The van der Waals surface area contributed by atoms with E-state index in [0.29, 0.717) is 12.1 Å². The second kappa shape index (κ2) is 10.5. The van der Waals surface area contributed by atoms with Crippen LogP contribution in [-0.2, 0) is 4.79 Å². The van der Waals surface area contributed by atoms with Gasteiger partial charge in [0.25, 0.3) is 5.91 Å². The van der Waals surface area contributed by atoms with Gasteiger partial charge < -0.3 is 20.1 Å². The number of anilines is 1. The lowest BCUT2D eigenvalue weighted by Gasteiger charge is -2.39. The monoisotopic (exact) mass is 494 g/mol. The molecule has 3 aromatic carbocycles. The second-order valence-corrected chi connectivity index (χ2v) is 9.78. The summed E-state index contributed by atoms with van der Waals surface area (Å²) in [5.74, 6) is -0.621. The summed E-state index contributed by atoms with van der Waals surface area (Å²) >= 11 is 0. The Morgan fingerprint density at radius 3 is 2.62 bits per heavy atom. The van der Waals surface area contributed by atoms with Gasteiger partial charge in [-0.1, -0.05) is 48.5 Å². The Hall–Kier alpha value is -4.06. The normalized spacial score (nSPS) is 17.1. The maximum atomic E-state index is 13.8. The van der Waals surface area contributed by atoms with E-state index in [0.717, 1.165) is 41.5 Å². The average Bonchev–Trinajstić information content (AvgIpc) is 3.34. The highest BCUT2D eigenvalue weighted by Crippen LogP contribution is 2.44. The Morgan fingerprint density at radius 1 is 1.03 bits per heavy atom. The van der Waals surface area contributed by atoms with E-state index in [2.05, 4.69) is 53.3 Å². The molecule has 2 unspecified atom stereocenters. The van der Waals surface area contributed by atoms with Gasteiger partial charge >= 0.3 is 0 Å². The van der Waals surface area contributed by atoms with Crippen LogP contribution in [0.25, 0.3) is 10.9 Å². The number of para-hydroxylation sites is 1. The smallest absolute Gasteiger partial charge is 0.254 e. The van der Waals surface area contributed by atoms with Gasteiger partial charge in [0.1, 0.15) is 0 Å². The minimum absolute atomic E-state index is 0.0549. The third-order valence-corrected chi connectivity index (χ3v) is 7.45. The molecule has 0 fully saturated rings. The second-order valence-electron chi connectivity index (χ2n) is 9.78. The Balaban J connectivity index is 1.38. The van der Waals surface area contributed by atoms with Crippen LogP contribution in [0.1, 0.15) is 52.4 Å². The number of carbonyl (C=O) groups excluding carboxylic acids is 2. The maximum absolute atomic E-state index is 13.8. The van der Waals surface area contributed by atoms with Crippen LogP contribution in [0.3, 0.4) is 0 Å². The molecule has 0 saturated carbocycles. The standard InChI is InChI=1S/C31H34N4O2/c1-4-35(22-12-9-11-21(2)19-22)18-10-17-32-30(36)28-24-14-5-6-15-25(24)31(37)34(3)29(28)26-20-33-27-16-8-7-13-23(26)27/h5-9,11-16,19-20,28-29,33H,4,10,17-18H2,1-3H3,(H,32,36). The van der Waals surface area contributed by atoms with Crippen molar-refractivity contribution in [2.45, 2.75) is 32.2 Å². The summed E-state index contributed by atoms with van der Waals surface area (Å²) < 4.78 is 0. The molecule has 0 bridgehead atoms. The molecule has 190 valence electrons. The van der Waals surface area contributed by atoms with Crippen LogP contribution < -0.4 is 10.2 Å². The summed E-state index contributed by atoms with van der Waals surface area (Å²) in [6.45, 7) is 6.58. The van der Waals surface area contributed by atoms with Gasteiger partial charge in [-0.25, -0.2) is 0 Å². The lowest BCUT2D eigenvalue weighted by Crippen LogP contribution is -2.46. The number of hydrogen-bond acceptors (Lipinski definition) is 3. The van der Waals surface area contributed by atoms with Gasteiger partial charge in [-0.2, -0.15) is 0 Å². The Bertz CT molecular complexity index is 1430. The predicted octanol–water partition coefficient (Wildman–Crippen LogP) is 5.42. The van der Waals surface area contributed by atoms with Crippen LogP contribution in [0.2, 0.25) is 0 Å². The van der Waals surface area contributed by atoms with E-state index in [9.17, 15) is 9.59 Å². The highest BCUT2D eigenvalue weighted by molar-refractivity contribution is 6.02. The molecule has 2 amide bonds. The molecule has 1 aromatic heterocycles. The summed E-state index contributed by atoms with van der Waals surface area (Å²) in [6.07, 6.45) is 2.77. The number of nitrogens with zero attached hydrogens (tertiary/aromatic N) is 2. The summed E-state index contributed by atoms with van der Waals surface area (Å²) in [4.78, 5) is 34.5. The van der Waals surface area contributed by atoms with Crippen molar-refractivity contribution in [1.29, 1.82) is 0 Å². The predicted molar refractivity (Wildman–Crippen MR) is 149 cm³/mol. The fourth-order valence-electron chi connectivity index (χ4n) is 5.57. The van der Waals surface area contributed by atoms with Crippen molar-refractivity contribution in [2.75, 3.05) is 31.6 Å². The molecular weight excluding hydrogens is 460 g/mol. The molecule has 1 aliphatic rings. The first-order valence-electron chi connectivity index (χ1n) is 13.0. The molecule has 6 nitrogen and oxygen atoms in total. The van der Waals surface area contributed by atoms with Crippen LogP contribution in [0.5, 0.6) is 0 Å². The molecule has 2 N–H and O–H groups in total. The number of H-pyrrole nitrogens is 1. The molecule has 4 aromatic rings. The number of likely N-dealkylation sites (N-methyl/N-ethyl adjacent to an activating group) is 1. The average molecular weight is 495 g/mol. The molecule has 0 saturated heterocycles. The first kappa shape index (κ1) is 24.6. The van der Waals surface area contributed by atoms with Crippen LogP contribution in [0.4, 0.5) is 5.69 Å². The largest absolute Gasteiger partial charge is 0.372 e. The quantitative estimate of drug-likeness (QED) is 0.322.